The highest BCUT2D eigenvalue weighted by Gasteiger charge is 2.28. The van der Waals surface area contributed by atoms with Gasteiger partial charge in [0.1, 0.15) is 6.10 Å². The van der Waals surface area contributed by atoms with Crippen molar-refractivity contribution < 1.29 is 14.3 Å². The lowest BCUT2D eigenvalue weighted by Crippen LogP contribution is -2.45. The standard InChI is InChI=1S/C14H26N2O3/c1-10(2)6-9-19-11(3)14(18)16-7-4-12(5-8-16)13(15)17/h10-12H,4-9H2,1-3H3,(H2,15,17). The number of nitrogens with two attached hydrogens (primary N) is 1. The van der Waals surface area contributed by atoms with Crippen molar-refractivity contribution in [3.8, 4) is 0 Å². The Morgan fingerprint density at radius 1 is 1.26 bits per heavy atom. The third kappa shape index (κ3) is 5.19. The molecule has 1 fully saturated rings. The number of rotatable bonds is 6. The van der Waals surface area contributed by atoms with Crippen LogP contribution in [-0.4, -0.2) is 42.5 Å². The summed E-state index contributed by atoms with van der Waals surface area (Å²) in [5, 5.41) is 0. The van der Waals surface area contributed by atoms with Gasteiger partial charge in [0.15, 0.2) is 0 Å². The van der Waals surface area contributed by atoms with E-state index in [4.69, 9.17) is 10.5 Å². The van der Waals surface area contributed by atoms with Crippen LogP contribution in [0.3, 0.4) is 0 Å². The van der Waals surface area contributed by atoms with E-state index >= 15 is 0 Å². The number of likely N-dealkylation sites (tertiary alicyclic amines) is 1. The number of hydrogen-bond acceptors (Lipinski definition) is 3. The minimum atomic E-state index is -0.399. The van der Waals surface area contributed by atoms with E-state index in [0.717, 1.165) is 6.42 Å². The van der Waals surface area contributed by atoms with Crippen LogP contribution in [0.15, 0.2) is 0 Å². The van der Waals surface area contributed by atoms with Crippen molar-refractivity contribution in [1.29, 1.82) is 0 Å². The van der Waals surface area contributed by atoms with Crippen molar-refractivity contribution in [2.24, 2.45) is 17.6 Å². The second-order valence-electron chi connectivity index (χ2n) is 5.70. The second-order valence-corrected chi connectivity index (χ2v) is 5.70. The third-order valence-corrected chi connectivity index (χ3v) is 3.62. The molecule has 1 aliphatic heterocycles. The first-order valence-electron chi connectivity index (χ1n) is 7.11. The highest BCUT2D eigenvalue weighted by atomic mass is 16.5. The number of ether oxygens (including phenoxy) is 1. The summed E-state index contributed by atoms with van der Waals surface area (Å²) in [6.07, 6.45) is 1.89. The minimum absolute atomic E-state index is 0.0201. The van der Waals surface area contributed by atoms with Crippen LogP contribution in [0.1, 0.15) is 40.0 Å². The Hall–Kier alpha value is -1.10. The predicted molar refractivity (Wildman–Crippen MR) is 73.4 cm³/mol. The average molecular weight is 270 g/mol. The van der Waals surface area contributed by atoms with Crippen LogP contribution in [0.4, 0.5) is 0 Å². The summed E-state index contributed by atoms with van der Waals surface area (Å²) >= 11 is 0. The van der Waals surface area contributed by atoms with E-state index in [1.165, 1.54) is 0 Å². The Bertz CT molecular complexity index is 310. The van der Waals surface area contributed by atoms with Crippen molar-refractivity contribution in [3.63, 3.8) is 0 Å². The summed E-state index contributed by atoms with van der Waals surface area (Å²) < 4.78 is 5.56. The topological polar surface area (TPSA) is 72.6 Å². The van der Waals surface area contributed by atoms with Crippen LogP contribution in [0.25, 0.3) is 0 Å². The highest BCUT2D eigenvalue weighted by molar-refractivity contribution is 5.81. The molecule has 2 amide bonds. The summed E-state index contributed by atoms with van der Waals surface area (Å²) in [5.41, 5.74) is 5.28. The number of hydrogen-bond donors (Lipinski definition) is 1. The monoisotopic (exact) mass is 270 g/mol. The van der Waals surface area contributed by atoms with Gasteiger partial charge in [-0.2, -0.15) is 0 Å². The number of primary amides is 1. The van der Waals surface area contributed by atoms with Gasteiger partial charge in [0.05, 0.1) is 0 Å². The fourth-order valence-electron chi connectivity index (χ4n) is 2.19. The van der Waals surface area contributed by atoms with Gasteiger partial charge in [-0.15, -0.1) is 0 Å². The summed E-state index contributed by atoms with van der Waals surface area (Å²) in [4.78, 5) is 25.0. The summed E-state index contributed by atoms with van der Waals surface area (Å²) in [7, 11) is 0. The van der Waals surface area contributed by atoms with E-state index in [-0.39, 0.29) is 17.7 Å². The molecule has 110 valence electrons. The second kappa shape index (κ2) is 7.48. The van der Waals surface area contributed by atoms with E-state index in [1.54, 1.807) is 11.8 Å². The van der Waals surface area contributed by atoms with Gasteiger partial charge >= 0.3 is 0 Å². The van der Waals surface area contributed by atoms with Crippen LogP contribution in [0.2, 0.25) is 0 Å². The van der Waals surface area contributed by atoms with Gasteiger partial charge < -0.3 is 15.4 Å². The lowest BCUT2D eigenvalue weighted by molar-refractivity contribution is -0.145. The number of carbonyl (C=O) groups is 2. The molecule has 0 radical (unpaired) electrons. The molecule has 0 aromatic heterocycles. The summed E-state index contributed by atoms with van der Waals surface area (Å²) in [5.74, 6) is 0.259. The number of nitrogens with zero attached hydrogens (tertiary/aromatic N) is 1. The molecule has 0 spiro atoms. The summed E-state index contributed by atoms with van der Waals surface area (Å²) in [6.45, 7) is 7.87. The van der Waals surface area contributed by atoms with Gasteiger partial charge in [-0.1, -0.05) is 13.8 Å². The zero-order chi connectivity index (χ0) is 14.4. The Kier molecular flexibility index (Phi) is 6.28. The van der Waals surface area contributed by atoms with Crippen molar-refractivity contribution in [3.05, 3.63) is 0 Å². The number of piperidine rings is 1. The molecule has 1 aliphatic rings. The smallest absolute Gasteiger partial charge is 0.251 e. The lowest BCUT2D eigenvalue weighted by atomic mass is 9.96. The van der Waals surface area contributed by atoms with Crippen LogP contribution < -0.4 is 5.73 Å². The molecule has 0 bridgehead atoms. The zero-order valence-corrected chi connectivity index (χ0v) is 12.2. The summed E-state index contributed by atoms with van der Waals surface area (Å²) in [6, 6.07) is 0. The number of carbonyl (C=O) groups excluding carboxylic acids is 2. The van der Waals surface area contributed by atoms with Gasteiger partial charge in [0.2, 0.25) is 5.91 Å². The quantitative estimate of drug-likeness (QED) is 0.787. The maximum absolute atomic E-state index is 12.1. The fourth-order valence-corrected chi connectivity index (χ4v) is 2.19. The maximum atomic E-state index is 12.1. The lowest BCUT2D eigenvalue weighted by Gasteiger charge is -2.32. The molecule has 0 aliphatic carbocycles. The van der Waals surface area contributed by atoms with Gasteiger partial charge in [0.25, 0.3) is 5.91 Å². The normalized spacial score (nSPS) is 18.6. The molecule has 1 rings (SSSR count). The molecule has 0 aromatic rings. The average Bonchev–Trinajstić information content (AvgIpc) is 2.37. The zero-order valence-electron chi connectivity index (χ0n) is 12.2. The van der Waals surface area contributed by atoms with E-state index in [2.05, 4.69) is 13.8 Å². The SMILES string of the molecule is CC(C)CCOC(C)C(=O)N1CCC(C(N)=O)CC1. The first-order valence-corrected chi connectivity index (χ1v) is 7.11. The third-order valence-electron chi connectivity index (χ3n) is 3.62. The van der Waals surface area contributed by atoms with Crippen LogP contribution in [0.5, 0.6) is 0 Å². The Balaban J connectivity index is 2.31. The predicted octanol–water partition coefficient (Wildman–Crippen LogP) is 1.16. The molecule has 1 atom stereocenters. The van der Waals surface area contributed by atoms with Crippen molar-refractivity contribution in [2.75, 3.05) is 19.7 Å². The molecular formula is C14H26N2O3. The van der Waals surface area contributed by atoms with Crippen LogP contribution in [0, 0.1) is 11.8 Å². The maximum Gasteiger partial charge on any atom is 0.251 e. The van der Waals surface area contributed by atoms with E-state index in [0.29, 0.717) is 38.5 Å². The van der Waals surface area contributed by atoms with Gasteiger partial charge in [0, 0.05) is 25.6 Å². The van der Waals surface area contributed by atoms with E-state index in [9.17, 15) is 9.59 Å². The van der Waals surface area contributed by atoms with E-state index < -0.39 is 6.10 Å². The van der Waals surface area contributed by atoms with E-state index in [1.807, 2.05) is 0 Å². The first kappa shape index (κ1) is 16.0. The minimum Gasteiger partial charge on any atom is -0.369 e. The molecule has 0 saturated carbocycles. The van der Waals surface area contributed by atoms with Gasteiger partial charge in [-0.05, 0) is 32.1 Å². The Morgan fingerprint density at radius 2 is 1.84 bits per heavy atom. The van der Waals surface area contributed by atoms with Crippen molar-refractivity contribution in [1.82, 2.24) is 4.90 Å². The molecule has 1 unspecified atom stereocenters. The molecule has 19 heavy (non-hydrogen) atoms. The van der Waals surface area contributed by atoms with Gasteiger partial charge in [-0.3, -0.25) is 9.59 Å². The largest absolute Gasteiger partial charge is 0.369 e. The van der Waals surface area contributed by atoms with Gasteiger partial charge in [-0.25, -0.2) is 0 Å². The van der Waals surface area contributed by atoms with Crippen molar-refractivity contribution >= 4 is 11.8 Å². The Labute approximate surface area is 115 Å². The molecule has 2 N–H and O–H groups in total. The number of amides is 2. The molecule has 1 saturated heterocycles. The fraction of sp³-hybridized carbons (Fsp3) is 0.857. The highest BCUT2D eigenvalue weighted by Crippen LogP contribution is 2.17. The van der Waals surface area contributed by atoms with Crippen LogP contribution in [-0.2, 0) is 14.3 Å². The van der Waals surface area contributed by atoms with Crippen molar-refractivity contribution in [2.45, 2.75) is 46.1 Å². The molecule has 5 heteroatoms. The van der Waals surface area contributed by atoms with Crippen LogP contribution >= 0.6 is 0 Å². The molecular weight excluding hydrogens is 244 g/mol. The first-order chi connectivity index (χ1) is 8.91. The Morgan fingerprint density at radius 3 is 2.32 bits per heavy atom. The molecule has 0 aromatic carbocycles. The molecule has 1 heterocycles. The molecule has 5 nitrogen and oxygen atoms in total.